The Morgan fingerprint density at radius 2 is 2.10 bits per heavy atom. The second kappa shape index (κ2) is 4.58. The topological polar surface area (TPSA) is 75.4 Å². The molecule has 0 spiro atoms. The zero-order chi connectivity index (χ0) is 15.4. The number of nitrogens with zero attached hydrogens (tertiary/aromatic N) is 3. The Labute approximate surface area is 123 Å². The van der Waals surface area contributed by atoms with Crippen LogP contribution in [-0.2, 0) is 10.3 Å². The lowest BCUT2D eigenvalue weighted by Crippen LogP contribution is -2.41. The van der Waals surface area contributed by atoms with Crippen molar-refractivity contribution in [3.8, 4) is 0 Å². The molecule has 2 bridgehead atoms. The van der Waals surface area contributed by atoms with Crippen LogP contribution in [0.2, 0.25) is 0 Å². The van der Waals surface area contributed by atoms with Crippen molar-refractivity contribution in [3.05, 3.63) is 22.7 Å². The normalized spacial score (nSPS) is 28.1. The molecule has 3 atom stereocenters. The van der Waals surface area contributed by atoms with Crippen molar-refractivity contribution in [2.45, 2.75) is 57.7 Å². The van der Waals surface area contributed by atoms with E-state index in [1.165, 1.54) is 0 Å². The summed E-state index contributed by atoms with van der Waals surface area (Å²) < 4.78 is 1.67. The lowest BCUT2D eigenvalue weighted by Gasteiger charge is -2.27. The van der Waals surface area contributed by atoms with Gasteiger partial charge < -0.3 is 14.6 Å². The zero-order valence-electron chi connectivity index (χ0n) is 12.6. The fourth-order valence-electron chi connectivity index (χ4n) is 3.69. The fraction of sp³-hybridized carbons (Fsp3) is 0.667. The number of carboxylic acids is 1. The molecule has 0 aromatic carbocycles. The molecule has 6 nitrogen and oxygen atoms in total. The first-order valence-corrected chi connectivity index (χ1v) is 7.40. The standard InChI is InChI=1S/C15H21N3O3/c1-15(2,3)17-7-6-16-12(13(17)19)18-9-4-5-11(18)10(8-9)14(20)21/h6-7,9-11H,4-5,8H2,1-3H3,(H,20,21). The van der Waals surface area contributed by atoms with Gasteiger partial charge in [0.15, 0.2) is 5.82 Å². The highest BCUT2D eigenvalue weighted by molar-refractivity contribution is 5.73. The van der Waals surface area contributed by atoms with E-state index in [1.54, 1.807) is 17.0 Å². The van der Waals surface area contributed by atoms with Crippen LogP contribution in [0.5, 0.6) is 0 Å². The zero-order valence-corrected chi connectivity index (χ0v) is 12.6. The van der Waals surface area contributed by atoms with Crippen LogP contribution in [0.15, 0.2) is 17.2 Å². The summed E-state index contributed by atoms with van der Waals surface area (Å²) in [5.41, 5.74) is -0.451. The Morgan fingerprint density at radius 1 is 1.38 bits per heavy atom. The molecule has 2 fully saturated rings. The van der Waals surface area contributed by atoms with E-state index in [0.717, 1.165) is 12.8 Å². The molecule has 0 saturated carbocycles. The first kappa shape index (κ1) is 14.1. The molecule has 0 aliphatic carbocycles. The molecule has 0 radical (unpaired) electrons. The molecule has 0 amide bonds. The Balaban J connectivity index is 2.03. The first-order valence-electron chi connectivity index (χ1n) is 7.40. The lowest BCUT2D eigenvalue weighted by atomic mass is 9.89. The number of hydrogen-bond donors (Lipinski definition) is 1. The number of aliphatic carboxylic acids is 1. The number of rotatable bonds is 2. The average molecular weight is 291 g/mol. The highest BCUT2D eigenvalue weighted by atomic mass is 16.4. The fourth-order valence-corrected chi connectivity index (χ4v) is 3.69. The second-order valence-electron chi connectivity index (χ2n) is 6.98. The van der Waals surface area contributed by atoms with E-state index in [-0.39, 0.29) is 29.1 Å². The number of hydrogen-bond acceptors (Lipinski definition) is 4. The molecule has 6 heteroatoms. The molecular formula is C15H21N3O3. The Hall–Kier alpha value is -1.85. The van der Waals surface area contributed by atoms with Crippen LogP contribution in [0, 0.1) is 5.92 Å². The summed E-state index contributed by atoms with van der Waals surface area (Å²) in [7, 11) is 0. The number of aromatic nitrogens is 2. The number of anilines is 1. The lowest BCUT2D eigenvalue weighted by molar-refractivity contribution is -0.142. The van der Waals surface area contributed by atoms with Crippen LogP contribution in [-0.4, -0.2) is 32.7 Å². The molecule has 3 rings (SSSR count). The molecule has 1 N–H and O–H groups in total. The van der Waals surface area contributed by atoms with Crippen molar-refractivity contribution < 1.29 is 9.90 Å². The Morgan fingerprint density at radius 3 is 2.67 bits per heavy atom. The van der Waals surface area contributed by atoms with Gasteiger partial charge >= 0.3 is 5.97 Å². The van der Waals surface area contributed by atoms with E-state index in [1.807, 2.05) is 25.7 Å². The van der Waals surface area contributed by atoms with Crippen LogP contribution < -0.4 is 10.5 Å². The summed E-state index contributed by atoms with van der Waals surface area (Å²) in [4.78, 5) is 30.3. The summed E-state index contributed by atoms with van der Waals surface area (Å²) in [6.45, 7) is 5.91. The van der Waals surface area contributed by atoms with Crippen molar-refractivity contribution in [2.75, 3.05) is 4.90 Å². The van der Waals surface area contributed by atoms with Gasteiger partial charge in [-0.3, -0.25) is 9.59 Å². The van der Waals surface area contributed by atoms with E-state index in [4.69, 9.17) is 0 Å². The van der Waals surface area contributed by atoms with Crippen LogP contribution in [0.3, 0.4) is 0 Å². The van der Waals surface area contributed by atoms with Gasteiger partial charge in [-0.2, -0.15) is 0 Å². The van der Waals surface area contributed by atoms with E-state index in [9.17, 15) is 14.7 Å². The third-order valence-electron chi connectivity index (χ3n) is 4.64. The van der Waals surface area contributed by atoms with Gasteiger partial charge in [0.2, 0.25) is 0 Å². The van der Waals surface area contributed by atoms with Crippen LogP contribution in [0.25, 0.3) is 0 Å². The minimum atomic E-state index is -0.765. The van der Waals surface area contributed by atoms with E-state index < -0.39 is 5.97 Å². The maximum Gasteiger partial charge on any atom is 0.308 e. The quantitative estimate of drug-likeness (QED) is 0.892. The highest BCUT2D eigenvalue weighted by Crippen LogP contribution is 2.43. The van der Waals surface area contributed by atoms with Gasteiger partial charge in [0.1, 0.15) is 0 Å². The average Bonchev–Trinajstić information content (AvgIpc) is 2.95. The van der Waals surface area contributed by atoms with Crippen molar-refractivity contribution in [1.29, 1.82) is 0 Å². The van der Waals surface area contributed by atoms with E-state index >= 15 is 0 Å². The van der Waals surface area contributed by atoms with Crippen molar-refractivity contribution in [3.63, 3.8) is 0 Å². The molecule has 3 heterocycles. The second-order valence-corrected chi connectivity index (χ2v) is 6.98. The smallest absolute Gasteiger partial charge is 0.308 e. The van der Waals surface area contributed by atoms with E-state index in [2.05, 4.69) is 4.98 Å². The van der Waals surface area contributed by atoms with Gasteiger partial charge in [0.05, 0.1) is 5.92 Å². The summed E-state index contributed by atoms with van der Waals surface area (Å²) in [6, 6.07) is 0.0376. The third kappa shape index (κ3) is 2.13. The molecule has 2 aliphatic rings. The van der Waals surface area contributed by atoms with E-state index in [0.29, 0.717) is 12.2 Å². The summed E-state index contributed by atoms with van der Waals surface area (Å²) in [5, 5.41) is 9.32. The number of fused-ring (bicyclic) bond motifs is 2. The van der Waals surface area contributed by atoms with Gasteiger partial charge in [-0.15, -0.1) is 0 Å². The summed E-state index contributed by atoms with van der Waals surface area (Å²) >= 11 is 0. The van der Waals surface area contributed by atoms with Crippen molar-refractivity contribution >= 4 is 11.8 Å². The Kier molecular flexibility index (Phi) is 3.07. The molecule has 1 aromatic rings. The largest absolute Gasteiger partial charge is 0.481 e. The SMILES string of the molecule is CC(C)(C)n1ccnc(N2C3CCC2C(C(=O)O)C3)c1=O. The molecule has 2 aliphatic heterocycles. The molecule has 1 aromatic heterocycles. The number of carbonyl (C=O) groups is 1. The summed E-state index contributed by atoms with van der Waals surface area (Å²) in [5.74, 6) is -0.740. The minimum absolute atomic E-state index is 0.0940. The van der Waals surface area contributed by atoms with Crippen molar-refractivity contribution in [2.24, 2.45) is 5.92 Å². The van der Waals surface area contributed by atoms with Gasteiger partial charge in [-0.1, -0.05) is 0 Å². The van der Waals surface area contributed by atoms with Crippen molar-refractivity contribution in [1.82, 2.24) is 9.55 Å². The molecule has 3 unspecified atom stereocenters. The number of carboxylic acid groups (broad SMARTS) is 1. The monoisotopic (exact) mass is 291 g/mol. The van der Waals surface area contributed by atoms with Gasteiger partial charge in [0, 0.05) is 30.0 Å². The molecule has 21 heavy (non-hydrogen) atoms. The van der Waals surface area contributed by atoms with Gasteiger partial charge in [-0.05, 0) is 40.0 Å². The van der Waals surface area contributed by atoms with Crippen LogP contribution in [0.4, 0.5) is 5.82 Å². The molecule has 2 saturated heterocycles. The summed E-state index contributed by atoms with van der Waals surface area (Å²) in [6.07, 6.45) is 5.71. The molecule has 114 valence electrons. The minimum Gasteiger partial charge on any atom is -0.481 e. The molecular weight excluding hydrogens is 270 g/mol. The maximum absolute atomic E-state index is 12.7. The Bertz CT molecular complexity index is 632. The van der Waals surface area contributed by atoms with Crippen LogP contribution in [0.1, 0.15) is 40.0 Å². The van der Waals surface area contributed by atoms with Gasteiger partial charge in [-0.25, -0.2) is 4.98 Å². The first-order chi connectivity index (χ1) is 9.80. The third-order valence-corrected chi connectivity index (χ3v) is 4.64. The van der Waals surface area contributed by atoms with Gasteiger partial charge in [0.25, 0.3) is 5.56 Å². The maximum atomic E-state index is 12.7. The predicted octanol–water partition coefficient (Wildman–Crippen LogP) is 1.44. The predicted molar refractivity (Wildman–Crippen MR) is 78.5 cm³/mol. The van der Waals surface area contributed by atoms with Crippen LogP contribution >= 0.6 is 0 Å². The highest BCUT2D eigenvalue weighted by Gasteiger charge is 2.50.